The summed E-state index contributed by atoms with van der Waals surface area (Å²) >= 11 is 0. The molecule has 0 saturated carbocycles. The number of aryl methyl sites for hydroxylation is 3. The second kappa shape index (κ2) is 11.2. The summed E-state index contributed by atoms with van der Waals surface area (Å²) in [6, 6.07) is 17.2. The molecule has 0 fully saturated rings. The first kappa shape index (κ1) is 24.5. The zero-order chi connectivity index (χ0) is 24.7. The fourth-order valence-corrected chi connectivity index (χ4v) is 3.62. The van der Waals surface area contributed by atoms with Gasteiger partial charge < -0.3 is 14.8 Å². The van der Waals surface area contributed by atoms with E-state index in [9.17, 15) is 14.4 Å². The molecule has 0 atom stereocenters. The van der Waals surface area contributed by atoms with E-state index in [1.807, 2.05) is 45.9 Å². The van der Waals surface area contributed by atoms with Crippen LogP contribution in [0.15, 0.2) is 60.2 Å². The highest BCUT2D eigenvalue weighted by molar-refractivity contribution is 6.10. The van der Waals surface area contributed by atoms with Crippen molar-refractivity contribution in [3.63, 3.8) is 0 Å². The molecular weight excluding hydrogens is 431 g/mol. The average Bonchev–Trinajstić information content (AvgIpc) is 2.80. The highest BCUT2D eigenvalue weighted by Gasteiger charge is 2.14. The topological polar surface area (TPSA) is 71.3 Å². The first-order valence-electron chi connectivity index (χ1n) is 11.0. The Balaban J connectivity index is 1.81. The molecule has 0 aliphatic carbocycles. The van der Waals surface area contributed by atoms with Crippen molar-refractivity contribution in [1.29, 1.82) is 5.26 Å². The molecule has 0 saturated heterocycles. The molecule has 3 aromatic carbocycles. The van der Waals surface area contributed by atoms with Crippen molar-refractivity contribution in [2.24, 2.45) is 0 Å². The number of hydrogen-bond donors (Lipinski definition) is 1. The number of ether oxygens (including phenoxy) is 2. The Morgan fingerprint density at radius 3 is 2.29 bits per heavy atom. The second-order valence-corrected chi connectivity index (χ2v) is 7.95. The van der Waals surface area contributed by atoms with Crippen molar-refractivity contribution >= 4 is 17.7 Å². The Hall–Kier alpha value is -4.11. The van der Waals surface area contributed by atoms with Crippen molar-refractivity contribution in [2.75, 3.05) is 11.9 Å². The Labute approximate surface area is 199 Å². The van der Waals surface area contributed by atoms with E-state index < -0.39 is 5.91 Å². The van der Waals surface area contributed by atoms with Gasteiger partial charge in [0.15, 0.2) is 11.5 Å². The van der Waals surface area contributed by atoms with Crippen LogP contribution in [0.5, 0.6) is 11.5 Å². The molecule has 1 amide bonds. The molecule has 5 nitrogen and oxygen atoms in total. The SMILES string of the molecule is CCOc1cc(C=C(C#N)C(=O)Nc2c(C)cc(C)cc2C)ccc1OCc1ccc(F)cc1. The van der Waals surface area contributed by atoms with Gasteiger partial charge in [0.2, 0.25) is 0 Å². The molecule has 0 aromatic heterocycles. The summed E-state index contributed by atoms with van der Waals surface area (Å²) in [7, 11) is 0. The lowest BCUT2D eigenvalue weighted by molar-refractivity contribution is -0.112. The van der Waals surface area contributed by atoms with Crippen LogP contribution in [0.4, 0.5) is 10.1 Å². The van der Waals surface area contributed by atoms with E-state index in [-0.39, 0.29) is 18.0 Å². The average molecular weight is 459 g/mol. The first-order valence-corrected chi connectivity index (χ1v) is 11.0. The Morgan fingerprint density at radius 1 is 1.00 bits per heavy atom. The van der Waals surface area contributed by atoms with E-state index in [1.54, 1.807) is 30.3 Å². The molecule has 0 radical (unpaired) electrons. The van der Waals surface area contributed by atoms with E-state index in [2.05, 4.69) is 5.32 Å². The minimum Gasteiger partial charge on any atom is -0.490 e. The number of rotatable bonds is 8. The van der Waals surface area contributed by atoms with Crippen LogP contribution in [0.2, 0.25) is 0 Å². The molecule has 6 heteroatoms. The summed E-state index contributed by atoms with van der Waals surface area (Å²) < 4.78 is 24.7. The lowest BCUT2D eigenvalue weighted by atomic mass is 10.0. The van der Waals surface area contributed by atoms with Crippen LogP contribution in [0.1, 0.15) is 34.7 Å². The predicted octanol–water partition coefficient (Wildman–Crippen LogP) is 6.27. The Bertz CT molecular complexity index is 1230. The molecule has 1 N–H and O–H groups in total. The molecule has 174 valence electrons. The van der Waals surface area contributed by atoms with Crippen molar-refractivity contribution in [1.82, 2.24) is 0 Å². The number of amides is 1. The van der Waals surface area contributed by atoms with Gasteiger partial charge in [-0.3, -0.25) is 4.79 Å². The number of carbonyl (C=O) groups excluding carboxylic acids is 1. The van der Waals surface area contributed by atoms with Crippen molar-refractivity contribution < 1.29 is 18.7 Å². The molecule has 0 unspecified atom stereocenters. The number of benzene rings is 3. The highest BCUT2D eigenvalue weighted by atomic mass is 19.1. The highest BCUT2D eigenvalue weighted by Crippen LogP contribution is 2.30. The lowest BCUT2D eigenvalue weighted by Gasteiger charge is -2.14. The summed E-state index contributed by atoms with van der Waals surface area (Å²) in [6.45, 7) is 8.35. The molecule has 0 bridgehead atoms. The quantitative estimate of drug-likeness (QED) is 0.319. The van der Waals surface area contributed by atoms with Gasteiger partial charge in [-0.15, -0.1) is 0 Å². The molecule has 0 aliphatic heterocycles. The van der Waals surface area contributed by atoms with Gasteiger partial charge in [0.1, 0.15) is 24.1 Å². The largest absolute Gasteiger partial charge is 0.490 e. The lowest BCUT2D eigenvalue weighted by Crippen LogP contribution is -2.15. The van der Waals surface area contributed by atoms with Crippen LogP contribution >= 0.6 is 0 Å². The minimum atomic E-state index is -0.479. The number of anilines is 1. The fraction of sp³-hybridized carbons (Fsp3) is 0.214. The molecule has 34 heavy (non-hydrogen) atoms. The molecular formula is C28H27FN2O3. The van der Waals surface area contributed by atoms with Crippen molar-refractivity contribution in [2.45, 2.75) is 34.3 Å². The van der Waals surface area contributed by atoms with Gasteiger partial charge in [-0.1, -0.05) is 35.9 Å². The van der Waals surface area contributed by atoms with E-state index in [0.717, 1.165) is 22.3 Å². The smallest absolute Gasteiger partial charge is 0.266 e. The van der Waals surface area contributed by atoms with Crippen LogP contribution < -0.4 is 14.8 Å². The van der Waals surface area contributed by atoms with E-state index in [1.165, 1.54) is 18.2 Å². The number of halogens is 1. The number of nitriles is 1. The zero-order valence-electron chi connectivity index (χ0n) is 19.7. The molecule has 3 rings (SSSR count). The summed E-state index contributed by atoms with van der Waals surface area (Å²) in [5, 5.41) is 12.5. The number of nitrogens with zero attached hydrogens (tertiary/aromatic N) is 1. The summed E-state index contributed by atoms with van der Waals surface area (Å²) in [5.41, 5.74) is 5.10. The predicted molar refractivity (Wildman–Crippen MR) is 131 cm³/mol. The van der Waals surface area contributed by atoms with Crippen molar-refractivity contribution in [3.05, 3.63) is 93.8 Å². The number of nitrogens with one attached hydrogen (secondary N) is 1. The molecule has 0 aliphatic rings. The van der Waals surface area contributed by atoms with E-state index >= 15 is 0 Å². The third-order valence-electron chi connectivity index (χ3n) is 5.17. The third kappa shape index (κ3) is 6.23. The maximum absolute atomic E-state index is 13.1. The number of carbonyl (C=O) groups is 1. The monoisotopic (exact) mass is 458 g/mol. The van der Waals surface area contributed by atoms with Crippen molar-refractivity contribution in [3.8, 4) is 17.6 Å². The summed E-state index contributed by atoms with van der Waals surface area (Å²) in [6.07, 6.45) is 1.51. The van der Waals surface area contributed by atoms with E-state index in [0.29, 0.717) is 29.4 Å². The van der Waals surface area contributed by atoms with Gasteiger partial charge >= 0.3 is 0 Å². The van der Waals surface area contributed by atoms with Gasteiger partial charge in [0.25, 0.3) is 5.91 Å². The van der Waals surface area contributed by atoms with Gasteiger partial charge in [0.05, 0.1) is 6.61 Å². The maximum atomic E-state index is 13.1. The minimum absolute atomic E-state index is 0.0261. The first-order chi connectivity index (χ1) is 16.3. The van der Waals surface area contributed by atoms with Crippen LogP contribution in [0, 0.1) is 37.9 Å². The van der Waals surface area contributed by atoms with Crippen LogP contribution in [0.25, 0.3) is 6.08 Å². The number of hydrogen-bond acceptors (Lipinski definition) is 4. The zero-order valence-corrected chi connectivity index (χ0v) is 19.7. The molecule has 0 heterocycles. The molecule has 0 spiro atoms. The standard InChI is InChI=1S/C28H27FN2O3/c1-5-33-26-15-22(8-11-25(26)34-17-21-6-9-24(29)10-7-21)14-23(16-30)28(32)31-27-19(3)12-18(2)13-20(27)4/h6-15H,5,17H2,1-4H3,(H,31,32). The van der Waals surface area contributed by atoms with Gasteiger partial charge in [-0.05, 0) is 80.3 Å². The summed E-state index contributed by atoms with van der Waals surface area (Å²) in [5.74, 6) is 0.213. The van der Waals surface area contributed by atoms with Gasteiger partial charge in [-0.25, -0.2) is 4.39 Å². The second-order valence-electron chi connectivity index (χ2n) is 7.95. The van der Waals surface area contributed by atoms with Gasteiger partial charge in [-0.2, -0.15) is 5.26 Å². The van der Waals surface area contributed by atoms with Crippen LogP contribution in [-0.4, -0.2) is 12.5 Å². The maximum Gasteiger partial charge on any atom is 0.266 e. The fourth-order valence-electron chi connectivity index (χ4n) is 3.62. The Morgan fingerprint density at radius 2 is 1.68 bits per heavy atom. The van der Waals surface area contributed by atoms with Crippen LogP contribution in [-0.2, 0) is 11.4 Å². The normalized spacial score (nSPS) is 11.0. The molecule has 3 aromatic rings. The summed E-state index contributed by atoms with van der Waals surface area (Å²) in [4.78, 5) is 12.8. The van der Waals surface area contributed by atoms with Gasteiger partial charge in [0, 0.05) is 5.69 Å². The van der Waals surface area contributed by atoms with Crippen LogP contribution in [0.3, 0.4) is 0 Å². The Kier molecular flexibility index (Phi) is 8.05. The van der Waals surface area contributed by atoms with E-state index in [4.69, 9.17) is 9.47 Å². The third-order valence-corrected chi connectivity index (χ3v) is 5.17.